The van der Waals surface area contributed by atoms with Crippen LogP contribution in [-0.4, -0.2) is 71.5 Å². The zero-order chi connectivity index (χ0) is 42.5. The summed E-state index contributed by atoms with van der Waals surface area (Å²) >= 11 is 0. The standard InChI is InChI=1S/C13H18FNO.C13H20FNO.C9H18O.C5H13N.C2H6.2CH4O.Y.3H2/c1-9(15-2)11-5-6-12(14)13(7-11)16-8-10-3-4-10;1-9(2)8-16-13-7-11(10(3)15-4)5-6-12(13)14;1-5-6-7-10-8-9(2,3)4;1-2-3-4-5-6;3*1-2;;;;/h5-7,9-10,15H,3-4,8H2,1-2H3;5-7,9-10,15H,8H2,1-4H3;5-6H,7-8H2,1-4H3;2-6H2,1H3;1-2H3;2*2H,1H3;;3*1H/b;;6-5+;;;;;;;;/t9-;10-;;;;;;;;;/m11........./s1. The molecule has 6 N–H and O–H groups in total. The smallest absolute Gasteiger partial charge is 0.165 e. The first-order valence-corrected chi connectivity index (χ1v) is 19.7. The van der Waals surface area contributed by atoms with E-state index in [-0.39, 0.29) is 60.7 Å². The zero-order valence-corrected chi connectivity index (χ0v) is 40.4. The van der Waals surface area contributed by atoms with E-state index in [2.05, 4.69) is 38.3 Å². The van der Waals surface area contributed by atoms with Gasteiger partial charge in [0.1, 0.15) is 0 Å². The molecule has 0 spiro atoms. The summed E-state index contributed by atoms with van der Waals surface area (Å²) in [5.41, 5.74) is 7.59. The van der Waals surface area contributed by atoms with Crippen LogP contribution in [0.4, 0.5) is 8.78 Å². The molecule has 2 aromatic carbocycles. The molecule has 0 aliphatic heterocycles. The zero-order valence-electron chi connectivity index (χ0n) is 37.5. The van der Waals surface area contributed by atoms with E-state index in [1.807, 2.05) is 74.7 Å². The number of unbranched alkanes of at least 4 members (excludes halogenated alkanes) is 2. The largest absolute Gasteiger partial charge is 0.490 e. The number of nitrogens with two attached hydrogens (primary N) is 1. The van der Waals surface area contributed by atoms with E-state index in [1.54, 1.807) is 24.3 Å². The van der Waals surface area contributed by atoms with E-state index in [4.69, 9.17) is 30.2 Å². The van der Waals surface area contributed by atoms with Crippen LogP contribution in [0.5, 0.6) is 11.5 Å². The van der Waals surface area contributed by atoms with Gasteiger partial charge in [0.05, 0.1) is 26.4 Å². The van der Waals surface area contributed by atoms with Crippen molar-refractivity contribution in [2.75, 3.05) is 61.3 Å². The number of halogens is 2. The molecule has 2 aromatic rings. The molecule has 0 amide bonds. The number of hydrogen-bond acceptors (Lipinski definition) is 8. The molecule has 1 aliphatic carbocycles. The van der Waals surface area contributed by atoms with Gasteiger partial charge in [-0.05, 0) is 113 Å². The average Bonchev–Trinajstić information content (AvgIpc) is 4.02. The predicted octanol–water partition coefficient (Wildman–Crippen LogP) is 10.8. The number of rotatable bonds is 16. The molecule has 0 heterocycles. The van der Waals surface area contributed by atoms with Crippen LogP contribution in [0.1, 0.15) is 136 Å². The molecule has 0 saturated heterocycles. The van der Waals surface area contributed by atoms with E-state index in [0.717, 1.165) is 45.1 Å². The third-order valence-electron chi connectivity index (χ3n) is 7.31. The van der Waals surface area contributed by atoms with Crippen molar-refractivity contribution in [3.63, 3.8) is 0 Å². The Kier molecular flexibility index (Phi) is 48.0. The first-order valence-electron chi connectivity index (χ1n) is 19.7. The summed E-state index contributed by atoms with van der Waals surface area (Å²) in [5, 5.41) is 20.2. The van der Waals surface area contributed by atoms with Gasteiger partial charge in [-0.1, -0.05) is 92.5 Å². The van der Waals surface area contributed by atoms with E-state index < -0.39 is 0 Å². The minimum Gasteiger partial charge on any atom is -0.490 e. The summed E-state index contributed by atoms with van der Waals surface area (Å²) in [5.74, 6) is 1.19. The second-order valence-electron chi connectivity index (χ2n) is 14.0. The van der Waals surface area contributed by atoms with E-state index in [0.29, 0.717) is 42.0 Å². The van der Waals surface area contributed by atoms with Crippen LogP contribution < -0.4 is 25.8 Å². The van der Waals surface area contributed by atoms with Crippen molar-refractivity contribution >= 4 is 0 Å². The number of aliphatic hydroxyl groups is 2. The molecule has 1 aliphatic rings. The Morgan fingerprint density at radius 1 is 0.855 bits per heavy atom. The predicted molar refractivity (Wildman–Crippen MR) is 234 cm³/mol. The van der Waals surface area contributed by atoms with Gasteiger partial charge >= 0.3 is 0 Å². The second kappa shape index (κ2) is 42.1. The molecule has 2 atom stereocenters. The molecule has 0 aromatic heterocycles. The van der Waals surface area contributed by atoms with Gasteiger partial charge in [0.2, 0.25) is 0 Å². The van der Waals surface area contributed by atoms with Crippen LogP contribution in [0.2, 0.25) is 0 Å². The van der Waals surface area contributed by atoms with Crippen LogP contribution in [0, 0.1) is 28.9 Å². The molecule has 55 heavy (non-hydrogen) atoms. The van der Waals surface area contributed by atoms with Crippen molar-refractivity contribution in [2.24, 2.45) is 23.0 Å². The Labute approximate surface area is 366 Å². The molecule has 0 bridgehead atoms. The Morgan fingerprint density at radius 3 is 1.64 bits per heavy atom. The van der Waals surface area contributed by atoms with Gasteiger partial charge in [0, 0.05) is 63.3 Å². The Bertz CT molecular complexity index is 1080. The van der Waals surface area contributed by atoms with Crippen LogP contribution in [0.25, 0.3) is 0 Å². The minimum absolute atomic E-state index is 0. The third-order valence-corrected chi connectivity index (χ3v) is 7.31. The number of aliphatic hydroxyl groups excluding tert-OH is 2. The third kappa shape index (κ3) is 37.8. The van der Waals surface area contributed by atoms with Gasteiger partial charge in [-0.15, -0.1) is 0 Å². The molecule has 11 heteroatoms. The van der Waals surface area contributed by atoms with Gasteiger partial charge < -0.3 is 40.8 Å². The summed E-state index contributed by atoms with van der Waals surface area (Å²) < 4.78 is 43.2. The van der Waals surface area contributed by atoms with Crippen molar-refractivity contribution in [2.45, 2.75) is 120 Å². The molecule has 8 nitrogen and oxygen atoms in total. The number of nitrogens with one attached hydrogen (secondary N) is 2. The second-order valence-corrected chi connectivity index (χ2v) is 14.0. The van der Waals surface area contributed by atoms with Gasteiger partial charge in [-0.3, -0.25) is 0 Å². The van der Waals surface area contributed by atoms with Gasteiger partial charge in [-0.2, -0.15) is 0 Å². The van der Waals surface area contributed by atoms with Crippen LogP contribution in [0.15, 0.2) is 48.6 Å². The summed E-state index contributed by atoms with van der Waals surface area (Å²) in [6.07, 6.45) is 10.2. The maximum absolute atomic E-state index is 13.5. The summed E-state index contributed by atoms with van der Waals surface area (Å²) in [6, 6.07) is 10.5. The first-order chi connectivity index (χ1) is 25.7. The normalized spacial score (nSPS) is 12.4. The van der Waals surface area contributed by atoms with Crippen LogP contribution in [-0.2, 0) is 37.4 Å². The number of benzene rings is 2. The Hall–Kier alpha value is -1.50. The maximum atomic E-state index is 13.5. The summed E-state index contributed by atoms with van der Waals surface area (Å²) in [6.45, 7) is 26.4. The molecule has 1 fully saturated rings. The van der Waals surface area contributed by atoms with Crippen molar-refractivity contribution in [3.05, 3.63) is 71.3 Å². The summed E-state index contributed by atoms with van der Waals surface area (Å²) in [4.78, 5) is 0. The topological polar surface area (TPSA) is 118 Å². The van der Waals surface area contributed by atoms with Crippen molar-refractivity contribution in [3.8, 4) is 11.5 Å². The first kappa shape index (κ1) is 62.7. The monoisotopic (exact) mass is 867 g/mol. The molecule has 3 rings (SSSR count). The fraction of sp³-hybridized carbons (Fsp3) is 0.682. The average molecular weight is 867 g/mol. The van der Waals surface area contributed by atoms with Crippen molar-refractivity contribution < 1.29 is 70.2 Å². The molecule has 1 radical (unpaired) electrons. The maximum Gasteiger partial charge on any atom is 0.165 e. The van der Waals surface area contributed by atoms with Gasteiger partial charge in [0.25, 0.3) is 0 Å². The fourth-order valence-electron chi connectivity index (χ4n) is 3.81. The Balaban J connectivity index is -0.0000000936. The van der Waals surface area contributed by atoms with Crippen molar-refractivity contribution in [1.82, 2.24) is 10.6 Å². The fourth-order valence-corrected chi connectivity index (χ4v) is 3.81. The SMILES string of the molecule is C/C=C/COCC(C)(C)C.CC.CCCCCN.CN[C@H](C)c1ccc(F)c(OCC(C)C)c1.CN[C@H](C)c1ccc(F)c(OCC2CC2)c1.CO.CO.[HH].[HH].[HH].[Y]. The molecule has 0 unspecified atom stereocenters. The molecular weight excluding hydrogens is 777 g/mol. The van der Waals surface area contributed by atoms with E-state index in [1.165, 1.54) is 44.2 Å². The van der Waals surface area contributed by atoms with Gasteiger partial charge in [-0.25, -0.2) is 8.78 Å². The van der Waals surface area contributed by atoms with E-state index >= 15 is 0 Å². The molecule has 327 valence electrons. The van der Waals surface area contributed by atoms with Crippen LogP contribution in [0.3, 0.4) is 0 Å². The van der Waals surface area contributed by atoms with E-state index in [9.17, 15) is 8.78 Å². The number of hydrogen-bond donors (Lipinski definition) is 5. The minimum atomic E-state index is -0.298. The van der Waals surface area contributed by atoms with Crippen molar-refractivity contribution in [1.29, 1.82) is 0 Å². The molecular formula is C44H89F2N3O5Y. The quantitative estimate of drug-likeness (QED) is 0.0836. The Morgan fingerprint density at radius 2 is 1.31 bits per heavy atom. The molecule has 1 saturated carbocycles. The van der Waals surface area contributed by atoms with Gasteiger partial charge in [0.15, 0.2) is 23.1 Å². The van der Waals surface area contributed by atoms with Crippen LogP contribution >= 0.6 is 0 Å². The number of allylic oxidation sites excluding steroid dienone is 1. The summed E-state index contributed by atoms with van der Waals surface area (Å²) in [7, 11) is 5.77. The number of ether oxygens (including phenoxy) is 3.